The van der Waals surface area contributed by atoms with Crippen molar-refractivity contribution in [2.75, 3.05) is 32.1 Å². The number of ether oxygens (including phenoxy) is 1. The zero-order valence-electron chi connectivity index (χ0n) is 14.6. The van der Waals surface area contributed by atoms with Crippen molar-refractivity contribution in [3.8, 4) is 11.3 Å². The van der Waals surface area contributed by atoms with E-state index in [0.29, 0.717) is 42.2 Å². The number of carbonyl (C=O) groups is 1. The van der Waals surface area contributed by atoms with E-state index >= 15 is 0 Å². The first-order valence-electron chi connectivity index (χ1n) is 8.72. The molecule has 2 aromatic carbocycles. The van der Waals surface area contributed by atoms with E-state index in [9.17, 15) is 4.79 Å². The highest BCUT2D eigenvalue weighted by molar-refractivity contribution is 7.99. The molecule has 0 spiro atoms. The summed E-state index contributed by atoms with van der Waals surface area (Å²) in [6, 6.07) is 15.5. The Bertz CT molecular complexity index is 962. The lowest BCUT2D eigenvalue weighted by Gasteiger charge is -2.26. The van der Waals surface area contributed by atoms with Gasteiger partial charge >= 0.3 is 0 Å². The predicted molar refractivity (Wildman–Crippen MR) is 108 cm³/mol. The summed E-state index contributed by atoms with van der Waals surface area (Å²) < 4.78 is 5.30. The van der Waals surface area contributed by atoms with Crippen molar-refractivity contribution >= 4 is 40.2 Å². The second-order valence-electron chi connectivity index (χ2n) is 6.16. The van der Waals surface area contributed by atoms with E-state index in [1.165, 1.54) is 11.8 Å². The van der Waals surface area contributed by atoms with Crippen molar-refractivity contribution < 1.29 is 9.53 Å². The SMILES string of the molecule is O=C(CSc1nc(-c2ccccc2)c2cc(Cl)ccc2n1)N1CCOCC1. The van der Waals surface area contributed by atoms with Gasteiger partial charge in [0.1, 0.15) is 0 Å². The highest BCUT2D eigenvalue weighted by Gasteiger charge is 2.18. The molecule has 5 nitrogen and oxygen atoms in total. The summed E-state index contributed by atoms with van der Waals surface area (Å²) in [5.74, 6) is 0.400. The van der Waals surface area contributed by atoms with E-state index in [2.05, 4.69) is 4.98 Å². The molecular weight excluding hydrogens is 382 g/mol. The smallest absolute Gasteiger partial charge is 0.233 e. The van der Waals surface area contributed by atoms with E-state index in [1.54, 1.807) is 0 Å². The molecule has 0 aliphatic carbocycles. The molecule has 0 radical (unpaired) electrons. The molecule has 1 amide bonds. The molecule has 1 fully saturated rings. The third-order valence-electron chi connectivity index (χ3n) is 4.37. The summed E-state index contributed by atoms with van der Waals surface area (Å²) in [4.78, 5) is 23.6. The molecule has 0 N–H and O–H groups in total. The Labute approximate surface area is 166 Å². The maximum absolute atomic E-state index is 12.4. The first kappa shape index (κ1) is 18.2. The van der Waals surface area contributed by atoms with Crippen LogP contribution in [0.2, 0.25) is 5.02 Å². The summed E-state index contributed by atoms with van der Waals surface area (Å²) in [5.41, 5.74) is 2.63. The van der Waals surface area contributed by atoms with Crippen LogP contribution in [0.1, 0.15) is 0 Å². The molecule has 138 valence electrons. The Morgan fingerprint density at radius 1 is 1.11 bits per heavy atom. The fraction of sp³-hybridized carbons (Fsp3) is 0.250. The summed E-state index contributed by atoms with van der Waals surface area (Å²) in [7, 11) is 0. The number of hydrogen-bond donors (Lipinski definition) is 0. The predicted octanol–water partition coefficient (Wildman–Crippen LogP) is 3.90. The van der Waals surface area contributed by atoms with E-state index in [-0.39, 0.29) is 5.91 Å². The molecule has 2 heterocycles. The van der Waals surface area contributed by atoms with Gasteiger partial charge in [0.05, 0.1) is 30.2 Å². The quantitative estimate of drug-likeness (QED) is 0.492. The van der Waals surface area contributed by atoms with Crippen molar-refractivity contribution in [3.05, 3.63) is 53.6 Å². The molecule has 1 aliphatic rings. The number of nitrogens with zero attached hydrogens (tertiary/aromatic N) is 3. The number of morpholine rings is 1. The van der Waals surface area contributed by atoms with Crippen molar-refractivity contribution in [1.82, 2.24) is 14.9 Å². The number of amides is 1. The molecule has 0 atom stereocenters. The topological polar surface area (TPSA) is 55.3 Å². The number of benzene rings is 2. The maximum Gasteiger partial charge on any atom is 0.233 e. The van der Waals surface area contributed by atoms with Crippen LogP contribution in [0, 0.1) is 0 Å². The largest absolute Gasteiger partial charge is 0.378 e. The highest BCUT2D eigenvalue weighted by Crippen LogP contribution is 2.30. The van der Waals surface area contributed by atoms with Crippen LogP contribution < -0.4 is 0 Å². The zero-order chi connectivity index (χ0) is 18.6. The minimum atomic E-state index is 0.0874. The maximum atomic E-state index is 12.4. The van der Waals surface area contributed by atoms with Gasteiger partial charge in [0, 0.05) is 29.1 Å². The lowest BCUT2D eigenvalue weighted by Crippen LogP contribution is -2.41. The van der Waals surface area contributed by atoms with Crippen molar-refractivity contribution in [2.24, 2.45) is 0 Å². The van der Waals surface area contributed by atoms with Gasteiger partial charge in [0.15, 0.2) is 5.16 Å². The molecular formula is C20H18ClN3O2S. The normalized spacial score (nSPS) is 14.5. The third-order valence-corrected chi connectivity index (χ3v) is 5.44. The molecule has 0 bridgehead atoms. The van der Waals surface area contributed by atoms with Crippen LogP contribution in [0.5, 0.6) is 0 Å². The molecule has 1 saturated heterocycles. The summed E-state index contributed by atoms with van der Waals surface area (Å²) >= 11 is 7.55. The molecule has 4 rings (SSSR count). The average molecular weight is 400 g/mol. The second-order valence-corrected chi connectivity index (χ2v) is 7.54. The van der Waals surface area contributed by atoms with Gasteiger partial charge in [-0.1, -0.05) is 53.7 Å². The minimum absolute atomic E-state index is 0.0874. The van der Waals surface area contributed by atoms with Crippen LogP contribution in [-0.4, -0.2) is 52.8 Å². The van der Waals surface area contributed by atoms with Crippen LogP contribution in [-0.2, 0) is 9.53 Å². The van der Waals surface area contributed by atoms with Crippen LogP contribution >= 0.6 is 23.4 Å². The molecule has 0 unspecified atom stereocenters. The third kappa shape index (κ3) is 4.24. The highest BCUT2D eigenvalue weighted by atomic mass is 35.5. The first-order valence-corrected chi connectivity index (χ1v) is 10.1. The number of thioether (sulfide) groups is 1. The van der Waals surface area contributed by atoms with Gasteiger partial charge < -0.3 is 9.64 Å². The van der Waals surface area contributed by atoms with Gasteiger partial charge in [0.2, 0.25) is 5.91 Å². The minimum Gasteiger partial charge on any atom is -0.378 e. The fourth-order valence-corrected chi connectivity index (χ4v) is 3.92. The Morgan fingerprint density at radius 2 is 1.89 bits per heavy atom. The van der Waals surface area contributed by atoms with Gasteiger partial charge in [-0.25, -0.2) is 9.97 Å². The van der Waals surface area contributed by atoms with Crippen molar-refractivity contribution in [1.29, 1.82) is 0 Å². The number of rotatable bonds is 4. The van der Waals surface area contributed by atoms with Gasteiger partial charge in [-0.2, -0.15) is 0 Å². The van der Waals surface area contributed by atoms with E-state index in [0.717, 1.165) is 22.2 Å². The Hall–Kier alpha value is -2.15. The zero-order valence-corrected chi connectivity index (χ0v) is 16.2. The van der Waals surface area contributed by atoms with E-state index in [4.69, 9.17) is 21.3 Å². The van der Waals surface area contributed by atoms with Gasteiger partial charge in [-0.05, 0) is 18.2 Å². The number of carbonyl (C=O) groups excluding carboxylic acids is 1. The lowest BCUT2D eigenvalue weighted by atomic mass is 10.1. The van der Waals surface area contributed by atoms with Gasteiger partial charge in [-0.15, -0.1) is 0 Å². The first-order chi connectivity index (χ1) is 13.2. The van der Waals surface area contributed by atoms with E-state index in [1.807, 2.05) is 53.4 Å². The van der Waals surface area contributed by atoms with Crippen LogP contribution in [0.15, 0.2) is 53.7 Å². The second kappa shape index (κ2) is 8.25. The number of aromatic nitrogens is 2. The number of halogens is 1. The summed E-state index contributed by atoms with van der Waals surface area (Å²) in [5, 5.41) is 2.13. The summed E-state index contributed by atoms with van der Waals surface area (Å²) in [6.45, 7) is 2.49. The van der Waals surface area contributed by atoms with Crippen LogP contribution in [0.4, 0.5) is 0 Å². The number of hydrogen-bond acceptors (Lipinski definition) is 5. The molecule has 1 aliphatic heterocycles. The van der Waals surface area contributed by atoms with E-state index < -0.39 is 0 Å². The van der Waals surface area contributed by atoms with Crippen molar-refractivity contribution in [3.63, 3.8) is 0 Å². The Balaban J connectivity index is 1.63. The molecule has 3 aromatic rings. The standard InChI is InChI=1S/C20H18ClN3O2S/c21-15-6-7-17-16(12-15)19(14-4-2-1-3-5-14)23-20(22-17)27-13-18(25)24-8-10-26-11-9-24/h1-7,12H,8-11,13H2. The fourth-order valence-electron chi connectivity index (χ4n) is 2.99. The lowest BCUT2D eigenvalue weighted by molar-refractivity contribution is -0.132. The monoisotopic (exact) mass is 399 g/mol. The summed E-state index contributed by atoms with van der Waals surface area (Å²) in [6.07, 6.45) is 0. The van der Waals surface area contributed by atoms with Gasteiger partial charge in [-0.3, -0.25) is 4.79 Å². The average Bonchev–Trinajstić information content (AvgIpc) is 2.73. The molecule has 27 heavy (non-hydrogen) atoms. The molecule has 7 heteroatoms. The number of fused-ring (bicyclic) bond motifs is 1. The van der Waals surface area contributed by atoms with Crippen molar-refractivity contribution in [2.45, 2.75) is 5.16 Å². The Morgan fingerprint density at radius 3 is 2.67 bits per heavy atom. The Kier molecular flexibility index (Phi) is 5.57. The van der Waals surface area contributed by atoms with Gasteiger partial charge in [0.25, 0.3) is 0 Å². The van der Waals surface area contributed by atoms with Crippen LogP contribution in [0.3, 0.4) is 0 Å². The molecule has 1 aromatic heterocycles. The molecule has 0 saturated carbocycles. The van der Waals surface area contributed by atoms with Crippen LogP contribution in [0.25, 0.3) is 22.2 Å².